The van der Waals surface area contributed by atoms with E-state index in [0.29, 0.717) is 17.5 Å². The van der Waals surface area contributed by atoms with Crippen molar-refractivity contribution in [3.05, 3.63) is 104 Å². The third-order valence-electron chi connectivity index (χ3n) is 4.20. The van der Waals surface area contributed by atoms with Gasteiger partial charge in [0.15, 0.2) is 17.5 Å². The molecule has 0 unspecified atom stereocenters. The van der Waals surface area contributed by atoms with Gasteiger partial charge < -0.3 is 5.48 Å². The third kappa shape index (κ3) is 7.30. The normalized spacial score (nSPS) is 9.48. The van der Waals surface area contributed by atoms with Gasteiger partial charge in [-0.3, -0.25) is 19.9 Å². The Morgan fingerprint density at radius 2 is 0.818 bits per heavy atom. The Labute approximate surface area is 213 Å². The zero-order valence-electron chi connectivity index (χ0n) is 18.3. The van der Waals surface area contributed by atoms with Crippen LogP contribution in [0.4, 0.5) is 0 Å². The first-order chi connectivity index (χ1) is 15.3. The van der Waals surface area contributed by atoms with Crippen molar-refractivity contribution in [2.75, 3.05) is 0 Å². The van der Waals surface area contributed by atoms with Crippen molar-refractivity contribution in [3.63, 3.8) is 0 Å². The molecular weight excluding hydrogens is 425 g/mol. The number of pyridine rings is 4. The Hall–Kier alpha value is -3.43. The molecule has 5 aromatic rings. The van der Waals surface area contributed by atoms with Gasteiger partial charge in [-0.2, -0.15) is 0 Å². The van der Waals surface area contributed by atoms with Gasteiger partial charge in [-0.1, -0.05) is 6.07 Å². The largest absolute Gasteiger partial charge is 1.00 e. The second-order valence-corrected chi connectivity index (χ2v) is 6.56. The van der Waals surface area contributed by atoms with Crippen LogP contribution in [0.3, 0.4) is 0 Å². The summed E-state index contributed by atoms with van der Waals surface area (Å²) in [6.07, 6.45) is 13.9. The van der Waals surface area contributed by atoms with Crippen LogP contribution in [-0.4, -0.2) is 40.4 Å². The number of aryl methyl sites for hydroxylation is 1. The predicted octanol–water partition coefficient (Wildman–Crippen LogP) is 1.27. The van der Waals surface area contributed by atoms with Gasteiger partial charge in [0.2, 0.25) is 0 Å². The minimum atomic E-state index is 0. The molecule has 158 valence electrons. The van der Waals surface area contributed by atoms with Crippen LogP contribution < -0.4 is 29.6 Å². The van der Waals surface area contributed by atoms with Crippen LogP contribution >= 0.6 is 0 Å². The third-order valence-corrected chi connectivity index (χ3v) is 4.20. The number of hydrogen-bond donors (Lipinski definition) is 0. The maximum absolute atomic E-state index is 4.58. The van der Waals surface area contributed by atoms with Crippen molar-refractivity contribution in [2.45, 2.75) is 6.92 Å². The van der Waals surface area contributed by atoms with Crippen molar-refractivity contribution in [3.8, 4) is 34.2 Å². The molecular formula is C24H20N7NaO. The SMILES string of the molecule is Cc1cccnc1.[Na+].[OH-].c1cncc(-c2nc(-c3cccnc3)nc(-c3cccnc3)n2)c1. The zero-order chi connectivity index (χ0) is 21.3. The molecule has 0 aliphatic rings. The summed E-state index contributed by atoms with van der Waals surface area (Å²) in [7, 11) is 0. The average molecular weight is 445 g/mol. The van der Waals surface area contributed by atoms with Crippen molar-refractivity contribution in [1.82, 2.24) is 34.9 Å². The molecule has 0 amide bonds. The van der Waals surface area contributed by atoms with Crippen LogP contribution in [-0.2, 0) is 0 Å². The van der Waals surface area contributed by atoms with Crippen molar-refractivity contribution >= 4 is 0 Å². The Kier molecular flexibility index (Phi) is 10.3. The van der Waals surface area contributed by atoms with Gasteiger partial charge in [0.25, 0.3) is 0 Å². The van der Waals surface area contributed by atoms with E-state index in [4.69, 9.17) is 0 Å². The van der Waals surface area contributed by atoms with Crippen molar-refractivity contribution in [2.24, 2.45) is 0 Å². The van der Waals surface area contributed by atoms with E-state index in [1.54, 1.807) is 43.4 Å². The van der Waals surface area contributed by atoms with E-state index in [9.17, 15) is 0 Å². The summed E-state index contributed by atoms with van der Waals surface area (Å²) in [5, 5.41) is 0. The predicted molar refractivity (Wildman–Crippen MR) is 120 cm³/mol. The molecule has 8 nitrogen and oxygen atoms in total. The topological polar surface area (TPSA) is 120 Å². The summed E-state index contributed by atoms with van der Waals surface area (Å²) in [6, 6.07) is 15.3. The molecule has 5 heterocycles. The molecule has 9 heteroatoms. The van der Waals surface area contributed by atoms with Crippen molar-refractivity contribution in [1.29, 1.82) is 0 Å². The Balaban J connectivity index is 0.000000371. The maximum atomic E-state index is 4.58. The molecule has 0 saturated carbocycles. The van der Waals surface area contributed by atoms with E-state index in [0.717, 1.165) is 16.7 Å². The Morgan fingerprint density at radius 3 is 1.03 bits per heavy atom. The fourth-order valence-corrected chi connectivity index (χ4v) is 2.70. The Bertz CT molecular complexity index is 1090. The van der Waals surface area contributed by atoms with E-state index in [2.05, 4.69) is 34.9 Å². The molecule has 5 aromatic heterocycles. The van der Waals surface area contributed by atoms with Gasteiger partial charge in [-0.05, 0) is 55.0 Å². The number of nitrogens with zero attached hydrogens (tertiary/aromatic N) is 7. The quantitative estimate of drug-likeness (QED) is 0.381. The fraction of sp³-hybridized carbons (Fsp3) is 0.0417. The second kappa shape index (κ2) is 13.2. The summed E-state index contributed by atoms with van der Waals surface area (Å²) >= 11 is 0. The van der Waals surface area contributed by atoms with Crippen LogP contribution in [0.15, 0.2) is 98.1 Å². The smallest absolute Gasteiger partial charge is 0.870 e. The maximum Gasteiger partial charge on any atom is 1.00 e. The van der Waals surface area contributed by atoms with Crippen LogP contribution in [0.5, 0.6) is 0 Å². The monoisotopic (exact) mass is 445 g/mol. The first kappa shape index (κ1) is 25.8. The summed E-state index contributed by atoms with van der Waals surface area (Å²) in [5.74, 6) is 1.70. The molecule has 1 N–H and O–H groups in total. The molecule has 5 rings (SSSR count). The summed E-state index contributed by atoms with van der Waals surface area (Å²) in [6.45, 7) is 2.02. The van der Waals surface area contributed by atoms with Crippen molar-refractivity contribution < 1.29 is 35.0 Å². The molecule has 0 bridgehead atoms. The van der Waals surface area contributed by atoms with Gasteiger partial charge in [-0.25, -0.2) is 15.0 Å². The molecule has 0 saturated heterocycles. The average Bonchev–Trinajstić information content (AvgIpc) is 2.86. The first-order valence-electron chi connectivity index (χ1n) is 9.63. The molecule has 0 radical (unpaired) electrons. The fourth-order valence-electron chi connectivity index (χ4n) is 2.70. The first-order valence-corrected chi connectivity index (χ1v) is 9.63. The second-order valence-electron chi connectivity index (χ2n) is 6.56. The van der Waals surface area contributed by atoms with E-state index in [-0.39, 0.29) is 35.0 Å². The number of rotatable bonds is 3. The minimum absolute atomic E-state index is 0. The molecule has 0 aromatic carbocycles. The van der Waals surface area contributed by atoms with Gasteiger partial charge in [0.1, 0.15) is 0 Å². The van der Waals surface area contributed by atoms with Crippen LogP contribution in [0.1, 0.15) is 5.56 Å². The van der Waals surface area contributed by atoms with Gasteiger partial charge in [0, 0.05) is 66.3 Å². The van der Waals surface area contributed by atoms with Gasteiger partial charge >= 0.3 is 29.6 Å². The summed E-state index contributed by atoms with van der Waals surface area (Å²) in [5.41, 5.74) is 3.70. The van der Waals surface area contributed by atoms with E-state index in [1.165, 1.54) is 5.56 Å². The molecule has 0 spiro atoms. The van der Waals surface area contributed by atoms with Gasteiger partial charge in [0.05, 0.1) is 0 Å². The standard InChI is InChI=1S/C18H12N6.C6H7N.Na.H2O/c1-4-13(10-19-7-1)16-22-17(14-5-2-8-20-11-14)24-18(23-16)15-6-3-9-21-12-15;1-6-3-2-4-7-5-6;;/h1-12H;2-5H,1H3;;1H2/q;;+1;/p-1. The molecule has 0 aliphatic heterocycles. The minimum Gasteiger partial charge on any atom is -0.870 e. The Morgan fingerprint density at radius 1 is 0.485 bits per heavy atom. The van der Waals surface area contributed by atoms with Crippen LogP contribution in [0.25, 0.3) is 34.2 Å². The van der Waals surface area contributed by atoms with Crippen LogP contribution in [0, 0.1) is 6.92 Å². The molecule has 0 aliphatic carbocycles. The van der Waals surface area contributed by atoms with Gasteiger partial charge in [-0.15, -0.1) is 0 Å². The molecule has 0 fully saturated rings. The van der Waals surface area contributed by atoms with E-state index >= 15 is 0 Å². The number of aromatic nitrogens is 7. The van der Waals surface area contributed by atoms with Crippen LogP contribution in [0.2, 0.25) is 0 Å². The summed E-state index contributed by atoms with van der Waals surface area (Å²) in [4.78, 5) is 30.0. The molecule has 0 atom stereocenters. The van der Waals surface area contributed by atoms with E-state index < -0.39 is 0 Å². The molecule has 33 heavy (non-hydrogen) atoms. The number of hydrogen-bond acceptors (Lipinski definition) is 8. The zero-order valence-corrected chi connectivity index (χ0v) is 20.3. The summed E-state index contributed by atoms with van der Waals surface area (Å²) < 4.78 is 0. The van der Waals surface area contributed by atoms with E-state index in [1.807, 2.05) is 61.7 Å².